The zero-order chi connectivity index (χ0) is 64.1. The van der Waals surface area contributed by atoms with Gasteiger partial charge in [0.2, 0.25) is 17.6 Å². The number of aromatic nitrogens is 3. The van der Waals surface area contributed by atoms with Crippen LogP contribution in [0.3, 0.4) is 0 Å². The molecule has 2 heterocycles. The van der Waals surface area contributed by atoms with E-state index in [-0.39, 0.29) is 61.5 Å². The van der Waals surface area contributed by atoms with Gasteiger partial charge in [-0.2, -0.15) is 0 Å². The number of ether oxygens (including phenoxy) is 7. The molecule has 8 rings (SSSR count). The van der Waals surface area contributed by atoms with Gasteiger partial charge in [-0.3, -0.25) is 28.8 Å². The Bertz CT molecular complexity index is 2820. The molecule has 2 amide bonds. The SMILES string of the molecule is CCCCOCCOCCOCCn1nnc2c1CCCCCC2OCC(=O)CCCCC[C@H](N)C(=O)N[C@H](C(=O)C[C@@H](C)C(=O)Nc1ccc(OCC(=O)[C@@]23OC(CCC)O[C@@H]2C[C@H]2[C@@H]4C[C@H](F)C5=CC(=O)C=C[C@]5(C)[C@@]4(F)[C@@H](O)C[C@@]23C)cc1)C(C)C. The number of amides is 2. The number of aliphatic hydroxyl groups excluding tert-OH is 1. The van der Waals surface area contributed by atoms with Crippen LogP contribution in [-0.4, -0.2) is 156 Å². The van der Waals surface area contributed by atoms with Crippen LogP contribution in [0.2, 0.25) is 0 Å². The van der Waals surface area contributed by atoms with Crippen molar-refractivity contribution in [2.45, 2.75) is 225 Å². The molecule has 6 aliphatic rings. The Hall–Kier alpha value is -5.20. The first kappa shape index (κ1) is 69.7. The van der Waals surface area contributed by atoms with Gasteiger partial charge in [0, 0.05) is 47.8 Å². The molecule has 89 heavy (non-hydrogen) atoms. The predicted molar refractivity (Wildman–Crippen MR) is 327 cm³/mol. The number of nitrogens with two attached hydrogens (primary N) is 1. The number of anilines is 1. The molecule has 1 aliphatic heterocycles. The third-order valence-electron chi connectivity index (χ3n) is 19.8. The van der Waals surface area contributed by atoms with Gasteiger partial charge in [-0.25, -0.2) is 13.5 Å². The molecular formula is C67H98F2N6O14. The lowest BCUT2D eigenvalue weighted by atomic mass is 9.44. The van der Waals surface area contributed by atoms with Gasteiger partial charge in [0.25, 0.3) is 0 Å². The maximum atomic E-state index is 17.9. The molecular weight excluding hydrogens is 1150 g/mol. The normalized spacial score (nSPS) is 29.7. The lowest BCUT2D eigenvalue weighted by Gasteiger charge is -2.63. The summed E-state index contributed by atoms with van der Waals surface area (Å²) in [7, 11) is 0. The van der Waals surface area contributed by atoms with E-state index in [9.17, 15) is 33.9 Å². The number of alkyl halides is 2. The Morgan fingerprint density at radius 2 is 1.62 bits per heavy atom. The van der Waals surface area contributed by atoms with Crippen LogP contribution >= 0.6 is 0 Å². The van der Waals surface area contributed by atoms with Crippen LogP contribution in [0.1, 0.15) is 175 Å². The predicted octanol–water partition coefficient (Wildman–Crippen LogP) is 8.68. The molecule has 5 N–H and O–H groups in total. The van der Waals surface area contributed by atoms with E-state index in [1.165, 1.54) is 19.1 Å². The lowest BCUT2D eigenvalue weighted by Crippen LogP contribution is -2.71. The first-order chi connectivity index (χ1) is 42.6. The number of unbranched alkanes of at least 4 members (excludes halogenated alkanes) is 3. The summed E-state index contributed by atoms with van der Waals surface area (Å²) >= 11 is 0. The topological polar surface area (TPSA) is 268 Å². The van der Waals surface area contributed by atoms with Crippen LogP contribution in [0, 0.1) is 34.5 Å². The van der Waals surface area contributed by atoms with Crippen molar-refractivity contribution in [3.8, 4) is 5.75 Å². The fourth-order valence-corrected chi connectivity index (χ4v) is 14.8. The molecule has 494 valence electrons. The van der Waals surface area contributed by atoms with E-state index >= 15 is 8.78 Å². The number of ketones is 4. The second kappa shape index (κ2) is 31.4. The monoisotopic (exact) mass is 1250 g/mol. The number of hydrogen-bond donors (Lipinski definition) is 4. The highest BCUT2D eigenvalue weighted by Gasteiger charge is 2.80. The van der Waals surface area contributed by atoms with Crippen LogP contribution in [-0.2, 0) is 70.2 Å². The molecule has 22 heteroatoms. The Labute approximate surface area is 523 Å². The Kier molecular flexibility index (Phi) is 24.6. The number of aliphatic hydroxyl groups is 1. The summed E-state index contributed by atoms with van der Waals surface area (Å²) in [5.41, 5.74) is 1.81. The van der Waals surface area contributed by atoms with Crippen molar-refractivity contribution in [2.75, 3.05) is 58.2 Å². The fraction of sp³-hybridized carbons (Fsp3) is 0.731. The van der Waals surface area contributed by atoms with E-state index < -0.39 is 107 Å². The molecule has 1 aromatic carbocycles. The van der Waals surface area contributed by atoms with E-state index in [2.05, 4.69) is 27.9 Å². The van der Waals surface area contributed by atoms with Crippen LogP contribution in [0.15, 0.2) is 48.1 Å². The summed E-state index contributed by atoms with van der Waals surface area (Å²) in [5.74, 6) is -4.55. The molecule has 1 saturated heterocycles. The zero-order valence-corrected chi connectivity index (χ0v) is 53.4. The molecule has 5 aliphatic carbocycles. The lowest BCUT2D eigenvalue weighted by molar-refractivity contribution is -0.234. The number of carbonyl (C=O) groups excluding carboxylic acids is 6. The highest BCUT2D eigenvalue weighted by molar-refractivity contribution is 6.01. The molecule has 14 atom stereocenters. The van der Waals surface area contributed by atoms with Gasteiger partial charge < -0.3 is 54.6 Å². The van der Waals surface area contributed by atoms with E-state index in [4.69, 9.17) is 38.9 Å². The van der Waals surface area contributed by atoms with Gasteiger partial charge in [0.1, 0.15) is 36.9 Å². The van der Waals surface area contributed by atoms with Gasteiger partial charge in [-0.05, 0) is 125 Å². The van der Waals surface area contributed by atoms with E-state index in [0.29, 0.717) is 96.0 Å². The number of nitrogens with zero attached hydrogens (tertiary/aromatic N) is 3. The quantitative estimate of drug-likeness (QED) is 0.0470. The average Bonchev–Trinajstić information content (AvgIpc) is 1.61. The van der Waals surface area contributed by atoms with Crippen molar-refractivity contribution >= 4 is 40.6 Å². The van der Waals surface area contributed by atoms with Gasteiger partial charge in [-0.15, -0.1) is 5.10 Å². The second-order valence-corrected chi connectivity index (χ2v) is 26.3. The fourth-order valence-electron chi connectivity index (χ4n) is 14.8. The highest BCUT2D eigenvalue weighted by Crippen LogP contribution is 2.72. The molecule has 1 aromatic heterocycles. The van der Waals surface area contributed by atoms with E-state index in [0.717, 1.165) is 69.0 Å². The van der Waals surface area contributed by atoms with Gasteiger partial charge >= 0.3 is 0 Å². The number of carbonyl (C=O) groups is 6. The molecule has 0 bridgehead atoms. The number of Topliss-reactive ketones (excluding diaryl/α,β-unsaturated/α-hetero) is 3. The maximum Gasteiger partial charge on any atom is 0.237 e. The smallest absolute Gasteiger partial charge is 0.237 e. The minimum absolute atomic E-state index is 0.0173. The van der Waals surface area contributed by atoms with Crippen molar-refractivity contribution in [1.82, 2.24) is 20.3 Å². The van der Waals surface area contributed by atoms with Crippen LogP contribution in [0.4, 0.5) is 14.5 Å². The Morgan fingerprint density at radius 1 is 0.888 bits per heavy atom. The van der Waals surface area contributed by atoms with Crippen molar-refractivity contribution in [1.29, 1.82) is 0 Å². The van der Waals surface area contributed by atoms with Crippen molar-refractivity contribution in [3.63, 3.8) is 0 Å². The minimum Gasteiger partial charge on any atom is -0.486 e. The van der Waals surface area contributed by atoms with E-state index in [1.54, 1.807) is 31.2 Å². The van der Waals surface area contributed by atoms with Crippen molar-refractivity contribution in [3.05, 3.63) is 59.5 Å². The van der Waals surface area contributed by atoms with Crippen molar-refractivity contribution in [2.24, 2.45) is 40.2 Å². The van der Waals surface area contributed by atoms with Crippen LogP contribution < -0.4 is 21.1 Å². The molecule has 20 nitrogen and oxygen atoms in total. The highest BCUT2D eigenvalue weighted by atomic mass is 19.1. The van der Waals surface area contributed by atoms with Crippen molar-refractivity contribution < 1.29 is 75.8 Å². The maximum absolute atomic E-state index is 17.9. The summed E-state index contributed by atoms with van der Waals surface area (Å²) in [6.45, 7) is 16.0. The average molecular weight is 1250 g/mol. The molecule has 4 fully saturated rings. The number of nitrogens with one attached hydrogen (secondary N) is 2. The first-order valence-electron chi connectivity index (χ1n) is 32.9. The summed E-state index contributed by atoms with van der Waals surface area (Å²) in [4.78, 5) is 80.6. The number of fused-ring (bicyclic) bond motifs is 8. The Balaban J connectivity index is 0.743. The third kappa shape index (κ3) is 15.7. The largest absolute Gasteiger partial charge is 0.486 e. The summed E-state index contributed by atoms with van der Waals surface area (Å²) in [5, 5.41) is 26.5. The van der Waals surface area contributed by atoms with Gasteiger partial charge in [0.15, 0.2) is 34.9 Å². The number of benzene rings is 1. The van der Waals surface area contributed by atoms with E-state index in [1.807, 2.05) is 32.4 Å². The number of rotatable bonds is 35. The van der Waals surface area contributed by atoms with Crippen LogP contribution in [0.5, 0.6) is 5.75 Å². The minimum atomic E-state index is -2.34. The third-order valence-corrected chi connectivity index (χ3v) is 19.8. The second-order valence-electron chi connectivity index (χ2n) is 26.3. The molecule has 2 unspecified atom stereocenters. The number of allylic oxidation sites excluding steroid dienone is 4. The zero-order valence-electron chi connectivity index (χ0n) is 53.4. The van der Waals surface area contributed by atoms with Gasteiger partial charge in [0.05, 0.1) is 69.6 Å². The number of hydrogen-bond acceptors (Lipinski definition) is 17. The molecule has 2 aromatic rings. The molecule has 0 spiro atoms. The summed E-state index contributed by atoms with van der Waals surface area (Å²) in [6.07, 6.45) is 8.72. The number of halogens is 2. The molecule has 0 radical (unpaired) electrons. The summed E-state index contributed by atoms with van der Waals surface area (Å²) < 4.78 is 78.2. The summed E-state index contributed by atoms with van der Waals surface area (Å²) in [6, 6.07) is 4.59. The standard InChI is InChI=1S/C67H98F2N6O14/c1-8-10-29-83-31-33-85-34-32-84-30-28-75-53-20-15-12-16-21-55(61(53)73-74-75)87-40-46(77)18-13-11-14-19-52(70)63(82)72-60(42(3)4)54(78)35-43(5)62(81)71-44-22-24-47(25-23-44)86-41-57(80)67-58(88-59(89-67)17-9-2)38-48-49-37-51(68)50-36-45(76)26-27-64(50,6)66(49,69)56(79)39-65(48,67)7/h22-27,36,42-43,48-49,51-52,55-56,58-60,79H,8-21,28-35,37-41,70H2,1-7H3,(H,71,81)(H,72,82)/t43-,48+,49+,51+,52+,55?,56+,58-,59?,60+,64+,65+,66+,67-/m1/s1. The van der Waals surface area contributed by atoms with Gasteiger partial charge in [-0.1, -0.05) is 91.4 Å². The first-order valence-corrected chi connectivity index (χ1v) is 32.9. The Morgan fingerprint density at radius 3 is 2.34 bits per heavy atom. The van der Waals surface area contributed by atoms with Crippen LogP contribution in [0.25, 0.3) is 0 Å². The molecule has 3 saturated carbocycles.